The normalized spacial score (nSPS) is 22.2. The second-order valence-electron chi connectivity index (χ2n) is 7.59. The number of hydrogen-bond donors (Lipinski definition) is 1. The Hall–Kier alpha value is -0.900. The van der Waals surface area contributed by atoms with Crippen molar-refractivity contribution in [1.29, 1.82) is 0 Å². The lowest BCUT2D eigenvalue weighted by atomic mass is 9.87. The van der Waals surface area contributed by atoms with Crippen LogP contribution in [-0.4, -0.2) is 31.4 Å². The molecule has 0 aliphatic carbocycles. The second kappa shape index (κ2) is 6.47. The quantitative estimate of drug-likeness (QED) is 0.923. The molecule has 1 fully saturated rings. The Balaban J connectivity index is 1.78. The van der Waals surface area contributed by atoms with E-state index >= 15 is 0 Å². The average molecular weight is 291 g/mol. The number of hydrogen-bond acceptors (Lipinski definition) is 3. The minimum Gasteiger partial charge on any atom is -0.374 e. The number of nitrogens with one attached hydrogen (secondary N) is 1. The van der Waals surface area contributed by atoms with Crippen molar-refractivity contribution in [3.8, 4) is 0 Å². The Morgan fingerprint density at radius 1 is 1.24 bits per heavy atom. The van der Waals surface area contributed by atoms with Gasteiger partial charge >= 0.3 is 0 Å². The molecule has 0 bridgehead atoms. The predicted octanol–water partition coefficient (Wildman–Crippen LogP) is 3.27. The summed E-state index contributed by atoms with van der Waals surface area (Å²) >= 11 is 0. The summed E-state index contributed by atoms with van der Waals surface area (Å²) in [5, 5.41) is 3.39. The van der Waals surface area contributed by atoms with Crippen LogP contribution in [0.2, 0.25) is 0 Å². The van der Waals surface area contributed by atoms with E-state index in [-0.39, 0.29) is 17.1 Å². The Morgan fingerprint density at radius 3 is 2.48 bits per heavy atom. The van der Waals surface area contributed by atoms with Crippen LogP contribution in [0.1, 0.15) is 45.7 Å². The van der Waals surface area contributed by atoms with Gasteiger partial charge in [-0.05, 0) is 30.4 Å². The Kier molecular flexibility index (Phi) is 5.07. The van der Waals surface area contributed by atoms with Crippen LogP contribution >= 0.6 is 0 Å². The van der Waals surface area contributed by atoms with Gasteiger partial charge in [0.25, 0.3) is 0 Å². The van der Waals surface area contributed by atoms with E-state index in [1.54, 1.807) is 0 Å². The smallest absolute Gasteiger partial charge is 0.0940 e. The number of ether oxygens (including phenoxy) is 2. The van der Waals surface area contributed by atoms with E-state index in [2.05, 4.69) is 64.2 Å². The molecule has 1 atom stereocenters. The standard InChI is InChI=1S/C18H29NO2/c1-17(2,3)15-8-6-14(7-9-15)11-20-12-16-10-19-13-18(4,5)21-16/h6-9,16,19H,10-13H2,1-5H3. The van der Waals surface area contributed by atoms with Crippen molar-refractivity contribution in [2.45, 2.75) is 58.3 Å². The van der Waals surface area contributed by atoms with Crippen LogP contribution in [0.4, 0.5) is 0 Å². The third-order valence-corrected chi connectivity index (χ3v) is 3.80. The van der Waals surface area contributed by atoms with Gasteiger partial charge < -0.3 is 14.8 Å². The lowest BCUT2D eigenvalue weighted by molar-refractivity contribution is -0.122. The summed E-state index contributed by atoms with van der Waals surface area (Å²) in [5.74, 6) is 0. The lowest BCUT2D eigenvalue weighted by Gasteiger charge is -2.36. The summed E-state index contributed by atoms with van der Waals surface area (Å²) in [7, 11) is 0. The SMILES string of the molecule is CC1(C)CNCC(COCc2ccc(C(C)(C)C)cc2)O1. The van der Waals surface area contributed by atoms with E-state index in [0.717, 1.165) is 13.1 Å². The highest BCUT2D eigenvalue weighted by Crippen LogP contribution is 2.22. The Labute approximate surface area is 129 Å². The molecule has 0 radical (unpaired) electrons. The van der Waals surface area contributed by atoms with E-state index in [1.165, 1.54) is 11.1 Å². The van der Waals surface area contributed by atoms with Crippen molar-refractivity contribution in [2.24, 2.45) is 0 Å². The van der Waals surface area contributed by atoms with Crippen molar-refractivity contribution in [3.63, 3.8) is 0 Å². The van der Waals surface area contributed by atoms with Gasteiger partial charge in [0.05, 0.1) is 24.9 Å². The zero-order valence-electron chi connectivity index (χ0n) is 14.0. The molecule has 0 aromatic heterocycles. The molecule has 2 rings (SSSR count). The van der Waals surface area contributed by atoms with Gasteiger partial charge in [0.2, 0.25) is 0 Å². The van der Waals surface area contributed by atoms with Gasteiger partial charge in [-0.25, -0.2) is 0 Å². The summed E-state index contributed by atoms with van der Waals surface area (Å²) in [6, 6.07) is 8.70. The van der Waals surface area contributed by atoms with Crippen LogP contribution < -0.4 is 5.32 Å². The van der Waals surface area contributed by atoms with Gasteiger partial charge in [-0.2, -0.15) is 0 Å². The van der Waals surface area contributed by atoms with E-state index in [1.807, 2.05) is 0 Å². The maximum Gasteiger partial charge on any atom is 0.0940 e. The molecule has 0 amide bonds. The lowest BCUT2D eigenvalue weighted by Crippen LogP contribution is -2.51. The van der Waals surface area contributed by atoms with Crippen LogP contribution in [-0.2, 0) is 21.5 Å². The van der Waals surface area contributed by atoms with Gasteiger partial charge in [0, 0.05) is 13.1 Å². The molecule has 1 N–H and O–H groups in total. The topological polar surface area (TPSA) is 30.5 Å². The van der Waals surface area contributed by atoms with E-state index < -0.39 is 0 Å². The molecule has 0 saturated carbocycles. The minimum absolute atomic E-state index is 0.0966. The number of rotatable bonds is 4. The maximum atomic E-state index is 5.99. The fourth-order valence-electron chi connectivity index (χ4n) is 2.57. The van der Waals surface area contributed by atoms with Crippen molar-refractivity contribution in [2.75, 3.05) is 19.7 Å². The monoisotopic (exact) mass is 291 g/mol. The third-order valence-electron chi connectivity index (χ3n) is 3.80. The number of benzene rings is 1. The molecular formula is C18H29NO2. The van der Waals surface area contributed by atoms with Crippen LogP contribution in [0.3, 0.4) is 0 Å². The molecule has 3 nitrogen and oxygen atoms in total. The highest BCUT2D eigenvalue weighted by Gasteiger charge is 2.28. The summed E-state index contributed by atoms with van der Waals surface area (Å²) < 4.78 is 11.8. The zero-order valence-corrected chi connectivity index (χ0v) is 14.0. The molecule has 1 aliphatic heterocycles. The maximum absolute atomic E-state index is 5.99. The summed E-state index contributed by atoms with van der Waals surface area (Å²) in [6.45, 7) is 14.0. The molecule has 1 saturated heterocycles. The largest absolute Gasteiger partial charge is 0.374 e. The fourth-order valence-corrected chi connectivity index (χ4v) is 2.57. The van der Waals surface area contributed by atoms with Crippen molar-refractivity contribution < 1.29 is 9.47 Å². The average Bonchev–Trinajstić information content (AvgIpc) is 2.37. The molecule has 118 valence electrons. The van der Waals surface area contributed by atoms with Gasteiger partial charge in [0.1, 0.15) is 0 Å². The molecular weight excluding hydrogens is 262 g/mol. The number of morpholine rings is 1. The van der Waals surface area contributed by atoms with Gasteiger partial charge in [-0.15, -0.1) is 0 Å². The first-order chi connectivity index (χ1) is 9.76. The van der Waals surface area contributed by atoms with E-state index in [4.69, 9.17) is 9.47 Å². The third kappa shape index (κ3) is 5.10. The van der Waals surface area contributed by atoms with Crippen LogP contribution in [0.5, 0.6) is 0 Å². The van der Waals surface area contributed by atoms with Crippen LogP contribution in [0.25, 0.3) is 0 Å². The summed E-state index contributed by atoms with van der Waals surface area (Å²) in [6.07, 6.45) is 0.141. The molecule has 0 spiro atoms. The fraction of sp³-hybridized carbons (Fsp3) is 0.667. The van der Waals surface area contributed by atoms with Crippen LogP contribution in [0, 0.1) is 0 Å². The molecule has 1 heterocycles. The first-order valence-electron chi connectivity index (χ1n) is 7.82. The first kappa shape index (κ1) is 16.5. The Bertz CT molecular complexity index is 445. The summed E-state index contributed by atoms with van der Waals surface area (Å²) in [5.41, 5.74) is 2.67. The highest BCUT2D eigenvalue weighted by atomic mass is 16.5. The van der Waals surface area contributed by atoms with E-state index in [9.17, 15) is 0 Å². The molecule has 1 aromatic rings. The Morgan fingerprint density at radius 2 is 1.90 bits per heavy atom. The van der Waals surface area contributed by atoms with Crippen molar-refractivity contribution >= 4 is 0 Å². The molecule has 3 heteroatoms. The minimum atomic E-state index is -0.0966. The molecule has 1 aliphatic rings. The zero-order chi connectivity index (χ0) is 15.5. The van der Waals surface area contributed by atoms with Gasteiger partial charge in [-0.3, -0.25) is 0 Å². The molecule has 21 heavy (non-hydrogen) atoms. The second-order valence-corrected chi connectivity index (χ2v) is 7.59. The van der Waals surface area contributed by atoms with Crippen molar-refractivity contribution in [1.82, 2.24) is 5.32 Å². The van der Waals surface area contributed by atoms with Gasteiger partial charge in [-0.1, -0.05) is 45.0 Å². The van der Waals surface area contributed by atoms with Gasteiger partial charge in [0.15, 0.2) is 0 Å². The van der Waals surface area contributed by atoms with E-state index in [0.29, 0.717) is 13.2 Å². The molecule has 1 unspecified atom stereocenters. The van der Waals surface area contributed by atoms with Crippen LogP contribution in [0.15, 0.2) is 24.3 Å². The molecule has 1 aromatic carbocycles. The first-order valence-corrected chi connectivity index (χ1v) is 7.82. The highest BCUT2D eigenvalue weighted by molar-refractivity contribution is 5.27. The van der Waals surface area contributed by atoms with Crippen molar-refractivity contribution in [3.05, 3.63) is 35.4 Å². The summed E-state index contributed by atoms with van der Waals surface area (Å²) in [4.78, 5) is 0. The predicted molar refractivity (Wildman–Crippen MR) is 86.6 cm³/mol.